The largest absolute Gasteiger partial charge is 0.107 e. The molecule has 0 nitrogen and oxygen atoms in total. The van der Waals surface area contributed by atoms with Crippen molar-refractivity contribution in [2.75, 3.05) is 0 Å². The third kappa shape index (κ3) is 123. The summed E-state index contributed by atoms with van der Waals surface area (Å²) in [6, 6.07) is 0. The molecule has 6 heavy (non-hydrogen) atoms. The molecule has 0 atom stereocenters. The molecule has 0 unspecified atom stereocenters. The van der Waals surface area contributed by atoms with Gasteiger partial charge in [-0.05, 0) is 0 Å². The predicted octanol–water partition coefficient (Wildman–Crippen LogP) is 3.06. The zero-order chi connectivity index (χ0) is 4.71. The van der Waals surface area contributed by atoms with Crippen molar-refractivity contribution in [2.24, 2.45) is 0 Å². The highest BCUT2D eigenvalue weighted by atomic mass is 127. The third-order valence-electron chi connectivity index (χ3n) is 0. The Balaban J connectivity index is -0.0000000275. The molecule has 1 heteroatoms. The van der Waals surface area contributed by atoms with Crippen LogP contribution in [0.3, 0.4) is 0 Å². The van der Waals surface area contributed by atoms with Crippen LogP contribution in [0.4, 0.5) is 0 Å². The summed E-state index contributed by atoms with van der Waals surface area (Å²) in [4.78, 5) is 0. The monoisotopic (exact) mass is 202 g/mol. The van der Waals surface area contributed by atoms with Gasteiger partial charge in [-0.25, -0.2) is 0 Å². The summed E-state index contributed by atoms with van der Waals surface area (Å²) in [5, 5.41) is 0. The van der Waals surface area contributed by atoms with Gasteiger partial charge in [-0.2, -0.15) is 0 Å². The van der Waals surface area contributed by atoms with E-state index >= 15 is 0 Å². The Morgan fingerprint density at radius 2 is 1.00 bits per heavy atom. The van der Waals surface area contributed by atoms with Gasteiger partial charge in [-0.1, -0.05) is 34.1 Å². The summed E-state index contributed by atoms with van der Waals surface area (Å²) < 4.78 is 0. The quantitative estimate of drug-likeness (QED) is 0.529. The Bertz CT molecular complexity index is 3.90. The summed E-state index contributed by atoms with van der Waals surface area (Å²) in [7, 11) is 0. The minimum absolute atomic E-state index is 0. The smallest absolute Gasteiger partial charge is 0.0590 e. The normalized spacial score (nSPS) is 4.00. The fraction of sp³-hybridized carbons (Fsp3) is 1.00. The van der Waals surface area contributed by atoms with Crippen molar-refractivity contribution in [1.82, 2.24) is 0 Å². The lowest BCUT2D eigenvalue weighted by Crippen LogP contribution is -1.27. The van der Waals surface area contributed by atoms with E-state index in [2.05, 4.69) is 13.8 Å². The van der Waals surface area contributed by atoms with Gasteiger partial charge in [0.1, 0.15) is 0 Å². The molecule has 0 saturated heterocycles. The molecule has 42 valence electrons. The van der Waals surface area contributed by atoms with Gasteiger partial charge in [0.2, 0.25) is 0 Å². The molecule has 0 saturated carbocycles. The van der Waals surface area contributed by atoms with E-state index in [1.165, 1.54) is 6.42 Å². The molecule has 0 radical (unpaired) electrons. The highest BCUT2D eigenvalue weighted by molar-refractivity contribution is 14.0. The van der Waals surface area contributed by atoms with Gasteiger partial charge in [0.25, 0.3) is 0 Å². The fourth-order valence-electron chi connectivity index (χ4n) is 0. The van der Waals surface area contributed by atoms with Crippen molar-refractivity contribution in [3.8, 4) is 0 Å². The molecule has 0 rings (SSSR count). The molecular formula is C5H15I. The lowest BCUT2D eigenvalue weighted by atomic mass is 10.6. The van der Waals surface area contributed by atoms with Crippen LogP contribution in [-0.2, 0) is 0 Å². The molecule has 0 N–H and O–H groups in total. The minimum atomic E-state index is 0. The lowest BCUT2D eigenvalue weighted by Gasteiger charge is -1.48. The van der Waals surface area contributed by atoms with Crippen LogP contribution in [0, 0.1) is 0 Å². The van der Waals surface area contributed by atoms with Crippen molar-refractivity contribution >= 4 is 24.0 Å². The average molecular weight is 202 g/mol. The molecule has 0 heterocycles. The zero-order valence-electron chi connectivity index (χ0n) is 5.12. The van der Waals surface area contributed by atoms with Crippen molar-refractivity contribution < 1.29 is 0 Å². The second kappa shape index (κ2) is 42.8. The topological polar surface area (TPSA) is 0 Å². The van der Waals surface area contributed by atoms with Crippen molar-refractivity contribution in [2.45, 2.75) is 34.1 Å². The number of rotatable bonds is 0. The molecule has 0 aromatic rings. The van der Waals surface area contributed by atoms with Crippen molar-refractivity contribution in [1.29, 1.82) is 0 Å². The van der Waals surface area contributed by atoms with E-state index in [0.29, 0.717) is 0 Å². The van der Waals surface area contributed by atoms with Gasteiger partial charge in [0, 0.05) is 0 Å². The van der Waals surface area contributed by atoms with E-state index in [9.17, 15) is 0 Å². The number of hydrogen-bond acceptors (Lipinski definition) is 0. The Morgan fingerprint density at radius 3 is 1.00 bits per heavy atom. The van der Waals surface area contributed by atoms with E-state index in [-0.39, 0.29) is 24.0 Å². The van der Waals surface area contributed by atoms with Gasteiger partial charge in [-0.3, -0.25) is 0 Å². The molecule has 0 bridgehead atoms. The highest BCUT2D eigenvalue weighted by Gasteiger charge is 1.35. The van der Waals surface area contributed by atoms with E-state index in [0.717, 1.165) is 0 Å². The lowest BCUT2D eigenvalue weighted by molar-refractivity contribution is 1.09. The Morgan fingerprint density at radius 1 is 1.00 bits per heavy atom. The van der Waals surface area contributed by atoms with Crippen LogP contribution in [0.15, 0.2) is 0 Å². The van der Waals surface area contributed by atoms with Gasteiger partial charge in [0.05, 0.1) is 0 Å². The molecule has 0 spiro atoms. The summed E-state index contributed by atoms with van der Waals surface area (Å²) in [5.74, 6) is 0. The first-order valence-electron chi connectivity index (χ1n) is 2.41. The summed E-state index contributed by atoms with van der Waals surface area (Å²) in [6.07, 6.45) is 1.25. The van der Waals surface area contributed by atoms with E-state index in [1.54, 1.807) is 0 Å². The van der Waals surface area contributed by atoms with Crippen molar-refractivity contribution in [3.05, 3.63) is 0 Å². The first-order valence-corrected chi connectivity index (χ1v) is 2.41. The number of hydrogen-bond donors (Lipinski definition) is 0. The van der Waals surface area contributed by atoms with Crippen LogP contribution in [0.5, 0.6) is 0 Å². The van der Waals surface area contributed by atoms with Crippen LogP contribution >= 0.6 is 24.0 Å². The van der Waals surface area contributed by atoms with Gasteiger partial charge < -0.3 is 0 Å². The molecular weight excluding hydrogens is 187 g/mol. The van der Waals surface area contributed by atoms with E-state index in [1.807, 2.05) is 13.8 Å². The molecule has 0 aliphatic rings. The van der Waals surface area contributed by atoms with Gasteiger partial charge >= 0.3 is 0 Å². The van der Waals surface area contributed by atoms with Crippen LogP contribution in [0.1, 0.15) is 34.1 Å². The molecule has 0 amide bonds. The molecule has 0 fully saturated rings. The van der Waals surface area contributed by atoms with E-state index < -0.39 is 0 Å². The molecule has 0 aromatic heterocycles. The maximum absolute atomic E-state index is 2.12. The highest BCUT2D eigenvalue weighted by Crippen LogP contribution is 1.56. The average Bonchev–Trinajstić information content (AvgIpc) is 1.46. The van der Waals surface area contributed by atoms with Crippen LogP contribution in [0.2, 0.25) is 0 Å². The molecule has 0 aliphatic heterocycles. The zero-order valence-corrected chi connectivity index (χ0v) is 7.45. The predicted molar refractivity (Wildman–Crippen MR) is 42.7 cm³/mol. The summed E-state index contributed by atoms with van der Waals surface area (Å²) in [5.41, 5.74) is 0. The minimum Gasteiger partial charge on any atom is -0.107 e. The van der Waals surface area contributed by atoms with Crippen LogP contribution < -0.4 is 0 Å². The Labute approximate surface area is 58.3 Å². The van der Waals surface area contributed by atoms with Crippen LogP contribution in [-0.4, -0.2) is 0 Å². The second-order valence-electron chi connectivity index (χ2n) is 0.707. The Hall–Kier alpha value is 0.730. The van der Waals surface area contributed by atoms with E-state index in [4.69, 9.17) is 0 Å². The van der Waals surface area contributed by atoms with Gasteiger partial charge in [-0.15, -0.1) is 24.0 Å². The Kier molecular flexibility index (Phi) is 113. The molecule has 0 aromatic carbocycles. The maximum Gasteiger partial charge on any atom is -0.0590 e. The summed E-state index contributed by atoms with van der Waals surface area (Å²) >= 11 is 0. The molecule has 0 aliphatic carbocycles. The number of halogens is 1. The first-order chi connectivity index (χ1) is 2.41. The summed E-state index contributed by atoms with van der Waals surface area (Å²) in [6.45, 7) is 8.25. The second-order valence-corrected chi connectivity index (χ2v) is 0.707. The standard InChI is InChI=1S/C3H8.C2H6.HI/c1-3-2;1-2;/h3H2,1-2H3;1-2H3;1H. The SMILES string of the molecule is CC.CCC.I. The maximum atomic E-state index is 2.12. The van der Waals surface area contributed by atoms with Crippen LogP contribution in [0.25, 0.3) is 0 Å². The van der Waals surface area contributed by atoms with Crippen molar-refractivity contribution in [3.63, 3.8) is 0 Å². The fourth-order valence-corrected chi connectivity index (χ4v) is 0. The first kappa shape index (κ1) is 15.9. The third-order valence-corrected chi connectivity index (χ3v) is 0. The van der Waals surface area contributed by atoms with Gasteiger partial charge in [0.15, 0.2) is 0 Å².